The van der Waals surface area contributed by atoms with Crippen LogP contribution in [0, 0.1) is 11.8 Å². The maximum Gasteiger partial charge on any atom is 0.135 e. The highest BCUT2D eigenvalue weighted by molar-refractivity contribution is 7.26. The Morgan fingerprint density at radius 2 is 0.945 bits per heavy atom. The predicted molar refractivity (Wildman–Crippen MR) is 297 cm³/mol. The Labute approximate surface area is 428 Å². The molecular weight excluding hydrogens is 907 g/mol. The Morgan fingerprint density at radius 1 is 0.411 bits per heavy atom. The van der Waals surface area contributed by atoms with Crippen LogP contribution in [0.1, 0.15) is 81.7 Å². The summed E-state index contributed by atoms with van der Waals surface area (Å²) in [6.45, 7) is 0. The number of hydrogen-bond acceptors (Lipinski definition) is 4. The number of nitrogens with zero attached hydrogens (tertiary/aromatic N) is 1. The topological polar surface area (TPSA) is 21.7 Å². The summed E-state index contributed by atoms with van der Waals surface area (Å²) in [5.41, 5.74) is 18.5. The lowest BCUT2D eigenvalue weighted by Gasteiger charge is -2.42. The van der Waals surface area contributed by atoms with E-state index in [4.69, 9.17) is 9.47 Å². The van der Waals surface area contributed by atoms with Gasteiger partial charge in [-0.2, -0.15) is 0 Å². The van der Waals surface area contributed by atoms with E-state index in [-0.39, 0.29) is 0 Å². The molecule has 346 valence electrons. The van der Waals surface area contributed by atoms with Gasteiger partial charge in [-0.3, -0.25) is 0 Å². The molecule has 4 aliphatic carbocycles. The molecular formula is C69H47NO2S. The molecule has 2 bridgehead atoms. The SMILES string of the molecule is c1ccc2c(c1)Oc1ccc(N(c3cc(C4CC5CCC4C5)c4c(c3)C3(c5ccccc5O4)c4ccccc4-c4ccccc43)c3cccc4sc5ccccc5c34)cc1C21c2ccccc2-c2ccccc21. The highest BCUT2D eigenvalue weighted by Gasteiger charge is 2.54. The Morgan fingerprint density at radius 3 is 1.58 bits per heavy atom. The monoisotopic (exact) mass is 953 g/mol. The molecule has 3 nitrogen and oxygen atoms in total. The van der Waals surface area contributed by atoms with Crippen molar-refractivity contribution in [2.75, 3.05) is 4.90 Å². The predicted octanol–water partition coefficient (Wildman–Crippen LogP) is 18.4. The third kappa shape index (κ3) is 5.19. The number of benzene rings is 10. The van der Waals surface area contributed by atoms with Gasteiger partial charge in [0.15, 0.2) is 0 Å². The zero-order valence-electron chi connectivity index (χ0n) is 40.0. The second-order valence-corrected chi connectivity index (χ2v) is 22.4. The Balaban J connectivity index is 1.00. The second-order valence-electron chi connectivity index (χ2n) is 21.3. The van der Waals surface area contributed by atoms with Gasteiger partial charge >= 0.3 is 0 Å². The number of anilines is 3. The van der Waals surface area contributed by atoms with Gasteiger partial charge in [0.25, 0.3) is 0 Å². The molecule has 10 aromatic carbocycles. The first-order valence-electron chi connectivity index (χ1n) is 26.1. The van der Waals surface area contributed by atoms with E-state index in [9.17, 15) is 0 Å². The molecule has 2 saturated carbocycles. The van der Waals surface area contributed by atoms with Crippen molar-refractivity contribution >= 4 is 48.6 Å². The number of para-hydroxylation sites is 2. The quantitative estimate of drug-likeness (QED) is 0.175. The van der Waals surface area contributed by atoms with Gasteiger partial charge in [0.05, 0.1) is 16.5 Å². The van der Waals surface area contributed by atoms with Gasteiger partial charge in [0, 0.05) is 59.4 Å². The minimum Gasteiger partial charge on any atom is -0.457 e. The molecule has 3 heterocycles. The van der Waals surface area contributed by atoms with Crippen LogP contribution >= 0.6 is 11.3 Å². The molecule has 17 rings (SSSR count). The molecule has 0 radical (unpaired) electrons. The highest BCUT2D eigenvalue weighted by Crippen LogP contribution is 2.67. The summed E-state index contributed by atoms with van der Waals surface area (Å²) in [5, 5.41) is 2.54. The summed E-state index contributed by atoms with van der Waals surface area (Å²) < 4.78 is 17.1. The molecule has 6 aliphatic rings. The minimum absolute atomic E-state index is 0.379. The number of fused-ring (bicyclic) bond motifs is 23. The fourth-order valence-corrected chi connectivity index (χ4v) is 16.5. The minimum atomic E-state index is -0.624. The first-order chi connectivity index (χ1) is 36.2. The first-order valence-corrected chi connectivity index (χ1v) is 27.0. The summed E-state index contributed by atoms with van der Waals surface area (Å²) in [5.74, 6) is 5.50. The van der Waals surface area contributed by atoms with Crippen LogP contribution in [0.25, 0.3) is 42.4 Å². The van der Waals surface area contributed by atoms with Crippen LogP contribution in [0.3, 0.4) is 0 Å². The summed E-state index contributed by atoms with van der Waals surface area (Å²) >= 11 is 1.88. The van der Waals surface area contributed by atoms with Crippen LogP contribution < -0.4 is 14.4 Å². The Hall–Kier alpha value is -8.18. The molecule has 0 N–H and O–H groups in total. The van der Waals surface area contributed by atoms with E-state index in [2.05, 4.69) is 223 Å². The van der Waals surface area contributed by atoms with Gasteiger partial charge in [0.1, 0.15) is 23.0 Å². The van der Waals surface area contributed by atoms with E-state index in [0.717, 1.165) is 51.5 Å². The van der Waals surface area contributed by atoms with Gasteiger partial charge in [-0.25, -0.2) is 0 Å². The van der Waals surface area contributed by atoms with E-state index in [0.29, 0.717) is 11.8 Å². The van der Waals surface area contributed by atoms with Crippen LogP contribution in [0.2, 0.25) is 0 Å². The lowest BCUT2D eigenvalue weighted by molar-refractivity contribution is 0.387. The maximum atomic E-state index is 7.51. The lowest BCUT2D eigenvalue weighted by Crippen LogP contribution is -2.33. The molecule has 2 fully saturated rings. The lowest BCUT2D eigenvalue weighted by atomic mass is 9.65. The third-order valence-electron chi connectivity index (χ3n) is 18.1. The summed E-state index contributed by atoms with van der Waals surface area (Å²) in [6, 6.07) is 82.1. The summed E-state index contributed by atoms with van der Waals surface area (Å²) in [4.78, 5) is 2.61. The zero-order valence-corrected chi connectivity index (χ0v) is 40.8. The van der Waals surface area contributed by atoms with E-state index in [1.165, 1.54) is 113 Å². The van der Waals surface area contributed by atoms with Crippen LogP contribution in [0.4, 0.5) is 17.1 Å². The van der Waals surface area contributed by atoms with Crippen molar-refractivity contribution in [3.8, 4) is 45.3 Å². The molecule has 2 spiro atoms. The van der Waals surface area contributed by atoms with Crippen LogP contribution in [0.5, 0.6) is 23.0 Å². The van der Waals surface area contributed by atoms with Crippen molar-refractivity contribution in [2.24, 2.45) is 11.8 Å². The number of rotatable bonds is 4. The molecule has 4 heteroatoms. The van der Waals surface area contributed by atoms with Gasteiger partial charge < -0.3 is 14.4 Å². The van der Waals surface area contributed by atoms with Crippen LogP contribution in [-0.2, 0) is 10.8 Å². The number of ether oxygens (including phenoxy) is 2. The Bertz CT molecular complexity index is 4090. The van der Waals surface area contributed by atoms with Gasteiger partial charge in [0.2, 0.25) is 0 Å². The van der Waals surface area contributed by atoms with Crippen molar-refractivity contribution in [2.45, 2.75) is 42.4 Å². The standard InChI is InChI=1S/C69H47NO2S/c1-6-21-52-45(16-1)46-17-2-7-22-53(46)68(52)56-25-10-12-28-61(56)71-63-35-34-43(39-58(63)68)70(60-27-15-31-65-66(60)49-20-5-14-30-64(49)73-65)44-38-51(50-37-41-32-33-42(50)36-41)67-59(40-44)69(57-26-11-13-29-62(57)72-67)54-23-8-3-18-47(54)48-19-4-9-24-55(48)69/h1-31,34-35,38-42,50H,32-33,36-37H2. The van der Waals surface area contributed by atoms with Crippen molar-refractivity contribution in [3.05, 3.63) is 268 Å². The molecule has 1 aromatic heterocycles. The number of hydrogen-bond donors (Lipinski definition) is 0. The summed E-state index contributed by atoms with van der Waals surface area (Å²) in [6.07, 6.45) is 5.07. The third-order valence-corrected chi connectivity index (χ3v) is 19.2. The van der Waals surface area contributed by atoms with Gasteiger partial charge in [-0.05, 0) is 142 Å². The maximum absolute atomic E-state index is 7.51. The molecule has 3 atom stereocenters. The van der Waals surface area contributed by atoms with E-state index in [1.54, 1.807) is 0 Å². The average Bonchev–Trinajstić information content (AvgIpc) is 4.29. The molecule has 2 aliphatic heterocycles. The molecule has 0 saturated heterocycles. The van der Waals surface area contributed by atoms with Crippen LogP contribution in [-0.4, -0.2) is 0 Å². The Kier molecular flexibility index (Phi) is 8.15. The normalized spacial score (nSPS) is 19.0. The largest absolute Gasteiger partial charge is 0.457 e. The molecule has 11 aromatic rings. The van der Waals surface area contributed by atoms with Crippen molar-refractivity contribution in [3.63, 3.8) is 0 Å². The molecule has 73 heavy (non-hydrogen) atoms. The van der Waals surface area contributed by atoms with E-state index < -0.39 is 10.8 Å². The van der Waals surface area contributed by atoms with Gasteiger partial charge in [-0.1, -0.05) is 164 Å². The molecule has 3 unspecified atom stereocenters. The average molecular weight is 954 g/mol. The van der Waals surface area contributed by atoms with Crippen molar-refractivity contribution in [1.82, 2.24) is 0 Å². The fraction of sp³-hybridized carbons (Fsp3) is 0.130. The van der Waals surface area contributed by atoms with E-state index in [1.807, 2.05) is 11.3 Å². The zero-order chi connectivity index (χ0) is 47.6. The van der Waals surface area contributed by atoms with Gasteiger partial charge in [-0.15, -0.1) is 11.3 Å². The first kappa shape index (κ1) is 40.4. The van der Waals surface area contributed by atoms with Crippen molar-refractivity contribution in [1.29, 1.82) is 0 Å². The number of thiophene rings is 1. The second kappa shape index (κ2) is 14.7. The molecule has 0 amide bonds. The van der Waals surface area contributed by atoms with Crippen LogP contribution in [0.15, 0.2) is 218 Å². The summed E-state index contributed by atoms with van der Waals surface area (Å²) in [7, 11) is 0. The fourth-order valence-electron chi connectivity index (χ4n) is 15.3. The van der Waals surface area contributed by atoms with Crippen molar-refractivity contribution < 1.29 is 9.47 Å². The highest BCUT2D eigenvalue weighted by atomic mass is 32.1. The van der Waals surface area contributed by atoms with E-state index >= 15 is 0 Å². The smallest absolute Gasteiger partial charge is 0.135 e.